The highest BCUT2D eigenvalue weighted by molar-refractivity contribution is 5.32. The molecular weight excluding hydrogens is 210 g/mol. The molecule has 0 aliphatic rings. The van der Waals surface area contributed by atoms with Gasteiger partial charge in [-0.15, -0.1) is 0 Å². The molecule has 1 rings (SSSR count). The summed E-state index contributed by atoms with van der Waals surface area (Å²) < 4.78 is 5.16. The first-order valence-corrected chi connectivity index (χ1v) is 6.13. The molecule has 0 unspecified atom stereocenters. The van der Waals surface area contributed by atoms with E-state index in [4.69, 9.17) is 4.74 Å². The Bertz CT molecular complexity index is 278. The van der Waals surface area contributed by atoms with E-state index in [2.05, 4.69) is 11.4 Å². The van der Waals surface area contributed by atoms with E-state index in [0.29, 0.717) is 0 Å². The van der Waals surface area contributed by atoms with Gasteiger partial charge in [-0.2, -0.15) is 0 Å². The maximum absolute atomic E-state index is 5.16. The Kier molecular flexibility index (Phi) is 15.7. The maximum atomic E-state index is 5.16. The van der Waals surface area contributed by atoms with E-state index in [0.717, 1.165) is 12.3 Å². The van der Waals surface area contributed by atoms with E-state index in [1.54, 1.807) is 7.11 Å². The number of ether oxygens (including phenoxy) is 1. The minimum absolute atomic E-state index is 0.851. The van der Waals surface area contributed by atoms with Crippen molar-refractivity contribution in [1.29, 1.82) is 0 Å². The van der Waals surface area contributed by atoms with E-state index < -0.39 is 0 Å². The molecular formula is C15H27NO. The van der Waals surface area contributed by atoms with Gasteiger partial charge in [0.25, 0.3) is 0 Å². The first-order chi connectivity index (χ1) is 8.29. The van der Waals surface area contributed by atoms with E-state index in [-0.39, 0.29) is 0 Å². The fourth-order valence-electron chi connectivity index (χ4n) is 1.04. The summed E-state index contributed by atoms with van der Waals surface area (Å²) in [7, 11) is 3.61. The zero-order chi connectivity index (χ0) is 13.5. The average molecular weight is 237 g/mol. The SMILES string of the molecule is C/C=C\C.CC.CNCc1ccccc1OC. The summed E-state index contributed by atoms with van der Waals surface area (Å²) >= 11 is 0. The van der Waals surface area contributed by atoms with Gasteiger partial charge < -0.3 is 10.1 Å². The van der Waals surface area contributed by atoms with Gasteiger partial charge in [0.15, 0.2) is 0 Å². The third kappa shape index (κ3) is 9.64. The lowest BCUT2D eigenvalue weighted by molar-refractivity contribution is 0.408. The standard InChI is InChI=1S/C9H13NO.C4H8.C2H6/c1-10-7-8-5-3-4-6-9(8)11-2;1-3-4-2;1-2/h3-6,10H,7H2,1-2H3;3-4H,1-2H3;1-2H3/b;4-3-;. The van der Waals surface area contributed by atoms with Gasteiger partial charge in [-0.1, -0.05) is 44.2 Å². The van der Waals surface area contributed by atoms with Crippen LogP contribution in [0.2, 0.25) is 0 Å². The first-order valence-electron chi connectivity index (χ1n) is 6.13. The van der Waals surface area contributed by atoms with Crippen molar-refractivity contribution in [1.82, 2.24) is 5.32 Å². The number of hydrogen-bond donors (Lipinski definition) is 1. The smallest absolute Gasteiger partial charge is 0.123 e. The Morgan fingerprint density at radius 2 is 1.65 bits per heavy atom. The highest BCUT2D eigenvalue weighted by atomic mass is 16.5. The molecule has 1 aromatic carbocycles. The molecule has 0 radical (unpaired) electrons. The van der Waals surface area contributed by atoms with Gasteiger partial charge in [0, 0.05) is 12.1 Å². The van der Waals surface area contributed by atoms with Crippen molar-refractivity contribution in [2.75, 3.05) is 14.2 Å². The Morgan fingerprint density at radius 3 is 2.06 bits per heavy atom. The molecule has 0 amide bonds. The van der Waals surface area contributed by atoms with Crippen LogP contribution in [0.1, 0.15) is 33.3 Å². The van der Waals surface area contributed by atoms with Crippen LogP contribution in [0, 0.1) is 0 Å². The molecule has 0 aromatic heterocycles. The van der Waals surface area contributed by atoms with Gasteiger partial charge in [-0.25, -0.2) is 0 Å². The highest BCUT2D eigenvalue weighted by Crippen LogP contribution is 2.16. The second-order valence-electron chi connectivity index (χ2n) is 3.01. The summed E-state index contributed by atoms with van der Waals surface area (Å²) in [4.78, 5) is 0. The molecule has 0 bridgehead atoms. The predicted molar refractivity (Wildman–Crippen MR) is 77.6 cm³/mol. The molecule has 0 atom stereocenters. The second kappa shape index (κ2) is 14.7. The van der Waals surface area contributed by atoms with E-state index in [1.807, 2.05) is 65.1 Å². The van der Waals surface area contributed by atoms with Crippen LogP contribution in [0.4, 0.5) is 0 Å². The molecule has 0 fully saturated rings. The van der Waals surface area contributed by atoms with Crippen molar-refractivity contribution in [2.24, 2.45) is 0 Å². The number of allylic oxidation sites excluding steroid dienone is 2. The molecule has 17 heavy (non-hydrogen) atoms. The van der Waals surface area contributed by atoms with Crippen LogP contribution in [0.5, 0.6) is 5.75 Å². The van der Waals surface area contributed by atoms with Gasteiger partial charge in [-0.05, 0) is 27.0 Å². The molecule has 0 heterocycles. The topological polar surface area (TPSA) is 21.3 Å². The van der Waals surface area contributed by atoms with E-state index in [9.17, 15) is 0 Å². The minimum atomic E-state index is 0.851. The van der Waals surface area contributed by atoms with Crippen LogP contribution in [0.15, 0.2) is 36.4 Å². The van der Waals surface area contributed by atoms with Crippen molar-refractivity contribution in [2.45, 2.75) is 34.2 Å². The highest BCUT2D eigenvalue weighted by Gasteiger charge is 1.97. The van der Waals surface area contributed by atoms with Crippen molar-refractivity contribution in [3.05, 3.63) is 42.0 Å². The second-order valence-corrected chi connectivity index (χ2v) is 3.01. The number of para-hydroxylation sites is 1. The number of benzene rings is 1. The molecule has 0 aliphatic heterocycles. The summed E-state index contributed by atoms with van der Waals surface area (Å²) in [6, 6.07) is 8.00. The molecule has 2 nitrogen and oxygen atoms in total. The van der Waals surface area contributed by atoms with Crippen LogP contribution in [0.3, 0.4) is 0 Å². The van der Waals surface area contributed by atoms with Crippen LogP contribution in [-0.4, -0.2) is 14.2 Å². The number of rotatable bonds is 3. The van der Waals surface area contributed by atoms with E-state index in [1.165, 1.54) is 5.56 Å². The van der Waals surface area contributed by atoms with Gasteiger partial charge in [0.1, 0.15) is 5.75 Å². The lowest BCUT2D eigenvalue weighted by Gasteiger charge is -2.06. The quantitative estimate of drug-likeness (QED) is 0.802. The molecule has 98 valence electrons. The summed E-state index contributed by atoms with van der Waals surface area (Å²) in [5.41, 5.74) is 1.19. The molecule has 0 saturated heterocycles. The lowest BCUT2D eigenvalue weighted by atomic mass is 10.2. The summed E-state index contributed by atoms with van der Waals surface area (Å²) in [6.45, 7) is 8.85. The van der Waals surface area contributed by atoms with Crippen molar-refractivity contribution < 1.29 is 4.74 Å². The number of methoxy groups -OCH3 is 1. The Labute approximate surface area is 107 Å². The monoisotopic (exact) mass is 237 g/mol. The lowest BCUT2D eigenvalue weighted by Crippen LogP contribution is -2.06. The minimum Gasteiger partial charge on any atom is -0.496 e. The molecule has 0 aliphatic carbocycles. The summed E-state index contributed by atoms with van der Waals surface area (Å²) in [5.74, 6) is 0.946. The predicted octanol–water partition coefficient (Wildman–Crippen LogP) is 4.02. The summed E-state index contributed by atoms with van der Waals surface area (Å²) in [5, 5.41) is 3.08. The third-order valence-electron chi connectivity index (χ3n) is 1.89. The number of nitrogens with one attached hydrogen (secondary N) is 1. The fourth-order valence-corrected chi connectivity index (χ4v) is 1.04. The van der Waals surface area contributed by atoms with Crippen molar-refractivity contribution in [3.63, 3.8) is 0 Å². The normalized spacial score (nSPS) is 8.82. The van der Waals surface area contributed by atoms with Crippen LogP contribution in [-0.2, 0) is 6.54 Å². The average Bonchev–Trinajstić information content (AvgIpc) is 2.42. The first kappa shape index (κ1) is 18.1. The Balaban J connectivity index is 0. The van der Waals surface area contributed by atoms with Crippen LogP contribution >= 0.6 is 0 Å². The van der Waals surface area contributed by atoms with Gasteiger partial charge in [-0.3, -0.25) is 0 Å². The fraction of sp³-hybridized carbons (Fsp3) is 0.467. The van der Waals surface area contributed by atoms with Crippen molar-refractivity contribution >= 4 is 0 Å². The van der Waals surface area contributed by atoms with Gasteiger partial charge in [0.2, 0.25) is 0 Å². The maximum Gasteiger partial charge on any atom is 0.123 e. The Hall–Kier alpha value is -1.28. The van der Waals surface area contributed by atoms with Gasteiger partial charge >= 0.3 is 0 Å². The Morgan fingerprint density at radius 1 is 1.12 bits per heavy atom. The molecule has 2 heteroatoms. The summed E-state index contributed by atoms with van der Waals surface area (Å²) in [6.07, 6.45) is 4.00. The van der Waals surface area contributed by atoms with Crippen molar-refractivity contribution in [3.8, 4) is 5.75 Å². The molecule has 0 saturated carbocycles. The van der Waals surface area contributed by atoms with Crippen LogP contribution < -0.4 is 10.1 Å². The van der Waals surface area contributed by atoms with E-state index >= 15 is 0 Å². The zero-order valence-electron chi connectivity index (χ0n) is 12.1. The van der Waals surface area contributed by atoms with Crippen LogP contribution in [0.25, 0.3) is 0 Å². The number of hydrogen-bond acceptors (Lipinski definition) is 2. The third-order valence-corrected chi connectivity index (χ3v) is 1.89. The van der Waals surface area contributed by atoms with Gasteiger partial charge in [0.05, 0.1) is 7.11 Å². The zero-order valence-corrected chi connectivity index (χ0v) is 12.1. The largest absolute Gasteiger partial charge is 0.496 e. The molecule has 1 aromatic rings. The molecule has 0 spiro atoms. The molecule has 1 N–H and O–H groups in total.